The van der Waals surface area contributed by atoms with Gasteiger partial charge in [-0.2, -0.15) is 0 Å². The lowest BCUT2D eigenvalue weighted by Crippen LogP contribution is -2.34. The Kier molecular flexibility index (Phi) is 3.58. The number of nitrogens with two attached hydrogens (primary N) is 1. The summed E-state index contributed by atoms with van der Waals surface area (Å²) in [6.45, 7) is 2.36. The van der Waals surface area contributed by atoms with E-state index in [1.807, 2.05) is 12.3 Å². The fourth-order valence-corrected chi connectivity index (χ4v) is 2.03. The van der Waals surface area contributed by atoms with Crippen molar-refractivity contribution in [3.8, 4) is 0 Å². The van der Waals surface area contributed by atoms with E-state index in [1.165, 1.54) is 11.3 Å². The molecule has 0 saturated heterocycles. The van der Waals surface area contributed by atoms with E-state index in [9.17, 15) is 4.79 Å². The van der Waals surface area contributed by atoms with Gasteiger partial charge < -0.3 is 15.9 Å². The van der Waals surface area contributed by atoms with Crippen LogP contribution in [-0.2, 0) is 16.2 Å². The van der Waals surface area contributed by atoms with Gasteiger partial charge in [0.1, 0.15) is 0 Å². The summed E-state index contributed by atoms with van der Waals surface area (Å²) in [7, 11) is 0. The Balaban J connectivity index is 1.79. The van der Waals surface area contributed by atoms with E-state index in [1.54, 1.807) is 0 Å². The molecule has 1 aromatic rings. The number of carbonyl (C=O) groups excluding carboxylic acids is 1. The number of rotatable bonds is 4. The smallest absolute Gasteiger partial charge is 0.264 e. The second-order valence-electron chi connectivity index (χ2n) is 3.70. The molecule has 0 radical (unpaired) electrons. The minimum absolute atomic E-state index is 0.163. The van der Waals surface area contributed by atoms with Gasteiger partial charge in [-0.25, -0.2) is 4.98 Å². The molecule has 1 aromatic heterocycles. The van der Waals surface area contributed by atoms with Crippen LogP contribution in [0.15, 0.2) is 10.5 Å². The first kappa shape index (κ1) is 11.8. The third kappa shape index (κ3) is 2.94. The highest BCUT2D eigenvalue weighted by Crippen LogP contribution is 2.14. The average Bonchev–Trinajstić information content (AvgIpc) is 2.94. The number of amides is 1. The third-order valence-electron chi connectivity index (χ3n) is 2.44. The van der Waals surface area contributed by atoms with E-state index >= 15 is 0 Å². The Morgan fingerprint density at radius 3 is 3.18 bits per heavy atom. The number of hydrogen-bond acceptors (Lipinski definition) is 6. The molecule has 7 heteroatoms. The summed E-state index contributed by atoms with van der Waals surface area (Å²) in [5.41, 5.74) is 7.17. The number of anilines is 1. The van der Waals surface area contributed by atoms with Crippen molar-refractivity contribution in [3.05, 3.63) is 11.1 Å². The lowest BCUT2D eigenvalue weighted by atomic mass is 10.1. The van der Waals surface area contributed by atoms with Crippen molar-refractivity contribution in [1.29, 1.82) is 0 Å². The maximum Gasteiger partial charge on any atom is 0.264 e. The number of hydrogen-bond donors (Lipinski definition) is 2. The van der Waals surface area contributed by atoms with Crippen molar-refractivity contribution >= 4 is 28.1 Å². The maximum atomic E-state index is 11.7. The van der Waals surface area contributed by atoms with Crippen LogP contribution >= 0.6 is 11.3 Å². The molecule has 0 fully saturated rings. The van der Waals surface area contributed by atoms with Crippen LogP contribution in [0.3, 0.4) is 0 Å². The number of nitrogens with one attached hydrogen (secondary N) is 1. The van der Waals surface area contributed by atoms with Crippen LogP contribution in [0.1, 0.15) is 25.5 Å². The molecule has 2 rings (SSSR count). The molecule has 0 aromatic carbocycles. The van der Waals surface area contributed by atoms with Gasteiger partial charge in [-0.05, 0) is 6.42 Å². The fraction of sp³-hybridized carbons (Fsp3) is 0.500. The number of oxime groups is 1. The standard InChI is InChI=1S/C10H14N4O2S/c1-2-6-3-8(16-14-6)9(15)12-4-7-5-17-10(11)13-7/h5,8H,2-4H2,1H3,(H2,11,13)(H,12,15)/t8-/m1/s1. The fourth-order valence-electron chi connectivity index (χ4n) is 1.47. The summed E-state index contributed by atoms with van der Waals surface area (Å²) >= 11 is 1.35. The molecule has 1 aliphatic heterocycles. The molecule has 1 aliphatic rings. The van der Waals surface area contributed by atoms with E-state index < -0.39 is 6.10 Å². The molecule has 0 saturated carbocycles. The molecule has 0 bridgehead atoms. The second kappa shape index (κ2) is 5.13. The highest BCUT2D eigenvalue weighted by molar-refractivity contribution is 7.13. The first-order valence-electron chi connectivity index (χ1n) is 5.38. The van der Waals surface area contributed by atoms with Crippen LogP contribution in [0.5, 0.6) is 0 Å². The van der Waals surface area contributed by atoms with Crippen molar-refractivity contribution in [1.82, 2.24) is 10.3 Å². The molecule has 3 N–H and O–H groups in total. The van der Waals surface area contributed by atoms with Gasteiger partial charge in [0, 0.05) is 11.8 Å². The number of nitrogen functional groups attached to an aromatic ring is 1. The molecular formula is C10H14N4O2S. The van der Waals surface area contributed by atoms with Crippen molar-refractivity contribution in [2.75, 3.05) is 5.73 Å². The zero-order chi connectivity index (χ0) is 12.3. The topological polar surface area (TPSA) is 89.6 Å². The lowest BCUT2D eigenvalue weighted by Gasteiger charge is -2.07. The normalized spacial score (nSPS) is 18.6. The number of carbonyl (C=O) groups is 1. The molecule has 17 heavy (non-hydrogen) atoms. The van der Waals surface area contributed by atoms with Crippen molar-refractivity contribution in [2.24, 2.45) is 5.16 Å². The summed E-state index contributed by atoms with van der Waals surface area (Å²) in [5.74, 6) is -0.163. The van der Waals surface area contributed by atoms with Gasteiger partial charge in [0.05, 0.1) is 18.0 Å². The van der Waals surface area contributed by atoms with Crippen LogP contribution in [0.2, 0.25) is 0 Å². The first-order valence-corrected chi connectivity index (χ1v) is 6.26. The van der Waals surface area contributed by atoms with Crippen LogP contribution < -0.4 is 11.1 Å². The Morgan fingerprint density at radius 1 is 1.76 bits per heavy atom. The molecule has 92 valence electrons. The monoisotopic (exact) mass is 254 g/mol. The van der Waals surface area contributed by atoms with E-state index in [0.29, 0.717) is 18.1 Å². The summed E-state index contributed by atoms with van der Waals surface area (Å²) < 4.78 is 0. The molecular weight excluding hydrogens is 240 g/mol. The van der Waals surface area contributed by atoms with Gasteiger partial charge in [0.2, 0.25) is 6.10 Å². The highest BCUT2D eigenvalue weighted by Gasteiger charge is 2.26. The summed E-state index contributed by atoms with van der Waals surface area (Å²) in [6, 6.07) is 0. The van der Waals surface area contributed by atoms with Gasteiger partial charge in [-0.1, -0.05) is 12.1 Å². The minimum Gasteiger partial charge on any atom is -0.382 e. The second-order valence-corrected chi connectivity index (χ2v) is 4.59. The predicted molar refractivity (Wildman–Crippen MR) is 65.6 cm³/mol. The molecule has 1 amide bonds. The van der Waals surface area contributed by atoms with Crippen molar-refractivity contribution in [2.45, 2.75) is 32.4 Å². The Hall–Kier alpha value is -1.63. The average molecular weight is 254 g/mol. The van der Waals surface area contributed by atoms with Gasteiger partial charge in [0.25, 0.3) is 5.91 Å². The van der Waals surface area contributed by atoms with Gasteiger partial charge in [-0.3, -0.25) is 4.79 Å². The SMILES string of the molecule is CCC1=NO[C@@H](C(=O)NCc2csc(N)n2)C1. The molecule has 0 spiro atoms. The largest absolute Gasteiger partial charge is 0.382 e. The maximum absolute atomic E-state index is 11.7. The zero-order valence-electron chi connectivity index (χ0n) is 9.47. The molecule has 1 atom stereocenters. The third-order valence-corrected chi connectivity index (χ3v) is 3.17. The Morgan fingerprint density at radius 2 is 2.59 bits per heavy atom. The highest BCUT2D eigenvalue weighted by atomic mass is 32.1. The number of nitrogens with zero attached hydrogens (tertiary/aromatic N) is 2. The van der Waals surface area contributed by atoms with E-state index in [2.05, 4.69) is 15.5 Å². The van der Waals surface area contributed by atoms with E-state index in [-0.39, 0.29) is 5.91 Å². The molecule has 2 heterocycles. The van der Waals surface area contributed by atoms with Crippen molar-refractivity contribution in [3.63, 3.8) is 0 Å². The quantitative estimate of drug-likeness (QED) is 0.835. The van der Waals surface area contributed by atoms with E-state index in [0.717, 1.165) is 17.8 Å². The Bertz CT molecular complexity index is 443. The molecule has 0 unspecified atom stereocenters. The number of thiazole rings is 1. The Labute approximate surface area is 103 Å². The van der Waals surface area contributed by atoms with Gasteiger partial charge in [-0.15, -0.1) is 11.3 Å². The summed E-state index contributed by atoms with van der Waals surface area (Å²) in [6.07, 6.45) is 0.884. The zero-order valence-corrected chi connectivity index (χ0v) is 10.3. The molecule has 6 nitrogen and oxygen atoms in total. The van der Waals surface area contributed by atoms with Crippen LogP contribution in [0.4, 0.5) is 5.13 Å². The van der Waals surface area contributed by atoms with Gasteiger partial charge >= 0.3 is 0 Å². The lowest BCUT2D eigenvalue weighted by molar-refractivity contribution is -0.131. The summed E-state index contributed by atoms with van der Waals surface area (Å²) in [5, 5.41) is 8.91. The van der Waals surface area contributed by atoms with Crippen LogP contribution in [-0.4, -0.2) is 22.7 Å². The predicted octanol–water partition coefficient (Wildman–Crippen LogP) is 0.896. The van der Waals surface area contributed by atoms with Crippen LogP contribution in [0, 0.1) is 0 Å². The van der Waals surface area contributed by atoms with Crippen LogP contribution in [0.25, 0.3) is 0 Å². The van der Waals surface area contributed by atoms with Gasteiger partial charge in [0.15, 0.2) is 5.13 Å². The molecule has 0 aliphatic carbocycles. The first-order chi connectivity index (χ1) is 8.19. The number of aromatic nitrogens is 1. The van der Waals surface area contributed by atoms with E-state index in [4.69, 9.17) is 10.6 Å². The summed E-state index contributed by atoms with van der Waals surface area (Å²) in [4.78, 5) is 20.8. The van der Waals surface area contributed by atoms with Crippen molar-refractivity contribution < 1.29 is 9.63 Å². The minimum atomic E-state index is -0.499.